The van der Waals surface area contributed by atoms with E-state index >= 15 is 4.11 Å². The van der Waals surface area contributed by atoms with Gasteiger partial charge >= 0.3 is 0 Å². The van der Waals surface area contributed by atoms with Crippen molar-refractivity contribution in [3.8, 4) is 0 Å². The average molecular weight is 760 g/mol. The Morgan fingerprint density at radius 2 is 1.87 bits per heavy atom. The van der Waals surface area contributed by atoms with E-state index in [1.54, 1.807) is 24.0 Å². The fraction of sp³-hybridized carbons (Fsp3) is 0.444. The molecule has 4 atom stereocenters. The van der Waals surface area contributed by atoms with Crippen LogP contribution in [0.3, 0.4) is 0 Å². The monoisotopic (exact) mass is 760 g/mol. The Morgan fingerprint density at radius 3 is 2.55 bits per heavy atom. The summed E-state index contributed by atoms with van der Waals surface area (Å²) in [7, 11) is -3.23. The number of carbonyl (C=O) groups excluding carboxylic acids is 1. The molecule has 0 saturated carbocycles. The number of hydrogen-bond acceptors (Lipinski definition) is 5. The lowest BCUT2D eigenvalue weighted by Crippen LogP contribution is -2.45. The second kappa shape index (κ2) is 10.9. The Morgan fingerprint density at radius 1 is 1.16 bits per heavy atom. The molecule has 1 aromatic heterocycles. The van der Waals surface area contributed by atoms with Gasteiger partial charge in [-0.1, -0.05) is 24.3 Å². The molecule has 1 N–H and O–H groups in total. The smallest absolute Gasteiger partial charge is 0.264 e. The molecule has 0 bridgehead atoms. The lowest BCUT2D eigenvalue weighted by molar-refractivity contribution is -0.146. The number of aliphatic hydroxyl groups excluding tert-OH is 1. The van der Waals surface area contributed by atoms with Crippen molar-refractivity contribution in [2.45, 2.75) is 63.2 Å². The van der Waals surface area contributed by atoms with Gasteiger partial charge in [0.1, 0.15) is 0 Å². The van der Waals surface area contributed by atoms with Gasteiger partial charge in [-0.15, -0.1) is 5.10 Å². The fourth-order valence-corrected chi connectivity index (χ4v) is 9.55. The van der Waals surface area contributed by atoms with E-state index in [0.29, 0.717) is 31.6 Å². The van der Waals surface area contributed by atoms with Gasteiger partial charge in [0.2, 0.25) is 8.41 Å². The summed E-state index contributed by atoms with van der Waals surface area (Å²) in [5.41, 5.74) is 1.82. The number of anilines is 1. The van der Waals surface area contributed by atoms with Crippen molar-refractivity contribution in [2.24, 2.45) is 5.92 Å². The number of fused-ring (bicyclic) bond motifs is 2. The minimum atomic E-state index is -3.23. The predicted octanol–water partition coefficient (Wildman–Crippen LogP) is 5.43. The van der Waals surface area contributed by atoms with Crippen LogP contribution in [0.25, 0.3) is 0 Å². The Kier molecular flexibility index (Phi) is 8.04. The molecular weight excluding hydrogens is 729 g/mol. The molecule has 11 heteroatoms. The second-order valence-electron chi connectivity index (χ2n) is 10.7. The maximum atomic E-state index is 16.0. The Bertz CT molecular complexity index is 1330. The van der Waals surface area contributed by atoms with Crippen molar-refractivity contribution in [3.05, 3.63) is 72.6 Å². The van der Waals surface area contributed by atoms with Crippen molar-refractivity contribution in [1.29, 1.82) is 0 Å². The molecule has 3 aromatic rings. The van der Waals surface area contributed by atoms with E-state index in [0.717, 1.165) is 24.0 Å². The standard InChI is InChI=1S/C27H31FI2N4O3Si/c1-17-25(38(2,3)28)24(10-12-33-16-21(11-13-35)31-32-33)37-27(17)22-14-20(30)8-9-23(22)34(26(27)36)15-18-4-6-19(29)7-5-18/h4-9,14,16-17,24-25,35H,10-13,15H2,1-3H3/t17-,24+,25-,27+/m0/s1. The van der Waals surface area contributed by atoms with Crippen LogP contribution in [0.15, 0.2) is 48.7 Å². The van der Waals surface area contributed by atoms with Crippen LogP contribution in [0.5, 0.6) is 0 Å². The van der Waals surface area contributed by atoms with Crippen molar-refractivity contribution < 1.29 is 18.7 Å². The lowest BCUT2D eigenvalue weighted by atomic mass is 9.82. The van der Waals surface area contributed by atoms with E-state index in [9.17, 15) is 9.90 Å². The third kappa shape index (κ3) is 5.08. The summed E-state index contributed by atoms with van der Waals surface area (Å²) in [6, 6.07) is 14.2. The number of ether oxygens (including phenoxy) is 1. The van der Waals surface area contributed by atoms with Gasteiger partial charge in [0.05, 0.1) is 24.0 Å². The van der Waals surface area contributed by atoms with Crippen LogP contribution in [-0.4, -0.2) is 47.1 Å². The van der Waals surface area contributed by atoms with Crippen LogP contribution < -0.4 is 4.90 Å². The van der Waals surface area contributed by atoms with Crippen molar-refractivity contribution in [1.82, 2.24) is 15.0 Å². The molecule has 1 spiro atoms. The third-order valence-electron chi connectivity index (χ3n) is 7.77. The van der Waals surface area contributed by atoms with Gasteiger partial charge in [0.15, 0.2) is 5.60 Å². The maximum absolute atomic E-state index is 16.0. The number of aliphatic hydroxyl groups is 1. The minimum Gasteiger partial charge on any atom is -0.396 e. The number of aryl methyl sites for hydroxylation is 1. The molecular formula is C27H31FI2N4O3Si. The normalized spacial score (nSPS) is 25.0. The first-order valence-corrected chi connectivity index (χ1v) is 17.9. The first-order valence-electron chi connectivity index (χ1n) is 12.8. The zero-order valence-corrected chi connectivity index (χ0v) is 26.9. The quantitative estimate of drug-likeness (QED) is 0.188. The molecule has 2 aromatic carbocycles. The van der Waals surface area contributed by atoms with Gasteiger partial charge in [-0.05, 0) is 101 Å². The van der Waals surface area contributed by atoms with Gasteiger partial charge in [0, 0.05) is 49.9 Å². The molecule has 202 valence electrons. The lowest BCUT2D eigenvalue weighted by Gasteiger charge is -2.31. The van der Waals surface area contributed by atoms with Gasteiger partial charge in [-0.3, -0.25) is 9.48 Å². The highest BCUT2D eigenvalue weighted by atomic mass is 127. The van der Waals surface area contributed by atoms with Crippen LogP contribution in [0, 0.1) is 13.1 Å². The number of halogens is 3. The van der Waals surface area contributed by atoms with Crippen molar-refractivity contribution in [3.63, 3.8) is 0 Å². The molecule has 3 heterocycles. The van der Waals surface area contributed by atoms with E-state index in [1.165, 1.54) is 0 Å². The highest BCUT2D eigenvalue weighted by molar-refractivity contribution is 14.1. The summed E-state index contributed by atoms with van der Waals surface area (Å²) in [5.74, 6) is -0.441. The zero-order valence-electron chi connectivity index (χ0n) is 21.6. The molecule has 2 aliphatic rings. The molecule has 0 unspecified atom stereocenters. The van der Waals surface area contributed by atoms with E-state index in [1.807, 2.05) is 54.3 Å². The van der Waals surface area contributed by atoms with Crippen molar-refractivity contribution in [2.75, 3.05) is 11.5 Å². The Hall–Kier alpha value is -1.42. The number of nitrogens with zero attached hydrogens (tertiary/aromatic N) is 4. The van der Waals surface area contributed by atoms with Gasteiger partial charge < -0.3 is 18.9 Å². The van der Waals surface area contributed by atoms with Gasteiger partial charge in [-0.25, -0.2) is 0 Å². The minimum absolute atomic E-state index is 0.00716. The van der Waals surface area contributed by atoms with Gasteiger partial charge in [-0.2, -0.15) is 0 Å². The summed E-state index contributed by atoms with van der Waals surface area (Å²) in [6.07, 6.45) is 2.32. The molecule has 38 heavy (non-hydrogen) atoms. The SMILES string of the molecule is C[C@H]1[C@H]([Si](C)(C)F)[C@@H](CCn2cc(CCO)nn2)O[C@]12C(=O)N(Cc1ccc(I)cc1)c1ccc(I)cc12. The Balaban J connectivity index is 1.50. The topological polar surface area (TPSA) is 80.5 Å². The first-order chi connectivity index (χ1) is 18.0. The molecule has 5 rings (SSSR count). The molecule has 1 saturated heterocycles. The largest absolute Gasteiger partial charge is 0.396 e. The van der Waals surface area contributed by atoms with Crippen LogP contribution in [0.1, 0.15) is 30.2 Å². The second-order valence-corrected chi connectivity index (χ2v) is 17.0. The zero-order chi connectivity index (χ0) is 27.2. The van der Waals surface area contributed by atoms with Crippen molar-refractivity contribution >= 4 is 65.2 Å². The molecule has 0 radical (unpaired) electrons. The van der Waals surface area contributed by atoms with Crippen LogP contribution >= 0.6 is 45.2 Å². The number of rotatable bonds is 8. The summed E-state index contributed by atoms with van der Waals surface area (Å²) in [5, 5.41) is 17.4. The van der Waals surface area contributed by atoms with Crippen LogP contribution in [0.4, 0.5) is 9.80 Å². The number of amides is 1. The Labute approximate surface area is 250 Å². The number of carbonyl (C=O) groups is 1. The van der Waals surface area contributed by atoms with E-state index < -0.39 is 20.1 Å². The third-order valence-corrected chi connectivity index (χ3v) is 11.6. The maximum Gasteiger partial charge on any atom is 0.264 e. The highest BCUT2D eigenvalue weighted by Gasteiger charge is 2.66. The first kappa shape index (κ1) is 28.1. The number of benzene rings is 2. The van der Waals surface area contributed by atoms with Crippen LogP contribution in [0.2, 0.25) is 18.6 Å². The molecule has 1 amide bonds. The number of aromatic nitrogens is 3. The van der Waals surface area contributed by atoms with Gasteiger partial charge in [0.25, 0.3) is 5.91 Å². The summed E-state index contributed by atoms with van der Waals surface area (Å²) >= 11 is 4.54. The summed E-state index contributed by atoms with van der Waals surface area (Å²) < 4.78 is 26.7. The van der Waals surface area contributed by atoms with E-state index in [2.05, 4.69) is 55.5 Å². The van der Waals surface area contributed by atoms with E-state index in [4.69, 9.17) is 4.74 Å². The fourth-order valence-electron chi connectivity index (χ4n) is 6.16. The number of hydrogen-bond donors (Lipinski definition) is 1. The summed E-state index contributed by atoms with van der Waals surface area (Å²) in [4.78, 5) is 16.2. The summed E-state index contributed by atoms with van der Waals surface area (Å²) in [6.45, 7) is 6.36. The molecule has 2 aliphatic heterocycles. The molecule has 7 nitrogen and oxygen atoms in total. The predicted molar refractivity (Wildman–Crippen MR) is 163 cm³/mol. The molecule has 0 aliphatic carbocycles. The average Bonchev–Trinajstić information content (AvgIpc) is 3.50. The van der Waals surface area contributed by atoms with E-state index in [-0.39, 0.29) is 24.0 Å². The molecule has 1 fully saturated rings. The van der Waals surface area contributed by atoms with Crippen LogP contribution in [-0.2, 0) is 34.6 Å². The highest BCUT2D eigenvalue weighted by Crippen LogP contribution is 2.60.